The molecule has 1 saturated heterocycles. The lowest BCUT2D eigenvalue weighted by Crippen LogP contribution is -2.58. The zero-order chi connectivity index (χ0) is 19.9. The van der Waals surface area contributed by atoms with E-state index in [9.17, 15) is 24.3 Å². The molecule has 12 heteroatoms. The summed E-state index contributed by atoms with van der Waals surface area (Å²) in [6.45, 7) is -0.373. The number of aliphatic hydroxyl groups excluding tert-OH is 1. The van der Waals surface area contributed by atoms with Crippen LogP contribution in [-0.4, -0.2) is 87.6 Å². The Morgan fingerprint density at radius 1 is 1.15 bits per heavy atom. The van der Waals surface area contributed by atoms with Gasteiger partial charge in [0.15, 0.2) is 0 Å². The number of likely N-dealkylation sites (tertiary alicyclic amines) is 1. The number of carbonyl (C=O) groups is 4. The van der Waals surface area contributed by atoms with Crippen LogP contribution in [0.4, 0.5) is 0 Å². The SMILES string of the molecule is N[C@H](CS)C(=O)N1CCC[C@@H]1C(=O)N[C@@H](CO)C(=O)N[C@H](CS)C(=O)O. The van der Waals surface area contributed by atoms with E-state index < -0.39 is 54.5 Å². The fourth-order valence-electron chi connectivity index (χ4n) is 2.51. The number of carboxylic acids is 1. The molecule has 0 aromatic heterocycles. The molecule has 3 amide bonds. The van der Waals surface area contributed by atoms with Crippen LogP contribution in [0, 0.1) is 0 Å². The maximum absolute atomic E-state index is 12.4. The quantitative estimate of drug-likeness (QED) is 0.203. The Hall–Kier alpha value is -1.50. The first kappa shape index (κ1) is 22.5. The van der Waals surface area contributed by atoms with Gasteiger partial charge in [-0.15, -0.1) is 0 Å². The highest BCUT2D eigenvalue weighted by molar-refractivity contribution is 7.80. The lowest BCUT2D eigenvalue weighted by molar-refractivity contribution is -0.142. The van der Waals surface area contributed by atoms with Gasteiger partial charge in [0, 0.05) is 18.1 Å². The van der Waals surface area contributed by atoms with Gasteiger partial charge in [0.05, 0.1) is 12.6 Å². The molecule has 6 N–H and O–H groups in total. The number of amides is 3. The zero-order valence-corrected chi connectivity index (χ0v) is 15.8. The number of aliphatic hydroxyl groups is 1. The summed E-state index contributed by atoms with van der Waals surface area (Å²) in [5.41, 5.74) is 5.67. The van der Waals surface area contributed by atoms with Gasteiger partial charge >= 0.3 is 5.97 Å². The Bertz CT molecular complexity index is 550. The molecule has 1 aliphatic heterocycles. The second-order valence-corrected chi connectivity index (χ2v) is 6.53. The summed E-state index contributed by atoms with van der Waals surface area (Å²) >= 11 is 7.79. The Morgan fingerprint density at radius 2 is 1.81 bits per heavy atom. The zero-order valence-electron chi connectivity index (χ0n) is 14.0. The van der Waals surface area contributed by atoms with Crippen molar-refractivity contribution in [1.29, 1.82) is 0 Å². The van der Waals surface area contributed by atoms with E-state index in [-0.39, 0.29) is 11.5 Å². The number of aliphatic carboxylic acids is 1. The second kappa shape index (κ2) is 10.6. The van der Waals surface area contributed by atoms with Crippen LogP contribution in [-0.2, 0) is 19.2 Å². The minimum atomic E-state index is -1.35. The average Bonchev–Trinajstić information content (AvgIpc) is 3.11. The standard InChI is InChI=1S/C14H24N4O6S2/c15-7(5-25)13(22)18-3-1-2-10(18)12(21)16-8(4-19)11(20)17-9(6-26)14(23)24/h7-10,19,25-26H,1-6,15H2,(H,16,21)(H,17,20)(H,23,24)/t7-,8+,9-,10-/m1/s1. The number of rotatable bonds is 9. The summed E-state index contributed by atoms with van der Waals surface area (Å²) < 4.78 is 0. The van der Waals surface area contributed by atoms with Crippen molar-refractivity contribution in [3.05, 3.63) is 0 Å². The molecule has 1 rings (SSSR count). The molecule has 0 radical (unpaired) electrons. The number of carbonyl (C=O) groups excluding carboxylic acids is 3. The van der Waals surface area contributed by atoms with Crippen LogP contribution in [0.5, 0.6) is 0 Å². The fourth-order valence-corrected chi connectivity index (χ4v) is 2.92. The molecule has 0 saturated carbocycles. The van der Waals surface area contributed by atoms with Gasteiger partial charge in [0.2, 0.25) is 17.7 Å². The van der Waals surface area contributed by atoms with Crippen molar-refractivity contribution in [3.63, 3.8) is 0 Å². The first-order valence-corrected chi connectivity index (χ1v) is 9.25. The molecule has 1 heterocycles. The third-order valence-electron chi connectivity index (χ3n) is 3.97. The summed E-state index contributed by atoms with van der Waals surface area (Å²) in [5, 5.41) is 22.8. The molecule has 0 aromatic rings. The molecule has 10 nitrogen and oxygen atoms in total. The van der Waals surface area contributed by atoms with E-state index >= 15 is 0 Å². The number of nitrogens with two attached hydrogens (primary N) is 1. The van der Waals surface area contributed by atoms with Gasteiger partial charge in [-0.2, -0.15) is 25.3 Å². The van der Waals surface area contributed by atoms with Crippen molar-refractivity contribution >= 4 is 48.9 Å². The minimum Gasteiger partial charge on any atom is -0.480 e. The first-order valence-electron chi connectivity index (χ1n) is 7.99. The third-order valence-corrected chi connectivity index (χ3v) is 4.72. The summed E-state index contributed by atoms with van der Waals surface area (Å²) in [7, 11) is 0. The van der Waals surface area contributed by atoms with Crippen molar-refractivity contribution in [2.24, 2.45) is 5.73 Å². The van der Waals surface area contributed by atoms with Crippen LogP contribution in [0.2, 0.25) is 0 Å². The second-order valence-electron chi connectivity index (χ2n) is 5.80. The van der Waals surface area contributed by atoms with E-state index in [1.807, 2.05) is 0 Å². The number of nitrogens with zero attached hydrogens (tertiary/aromatic N) is 1. The molecule has 1 fully saturated rings. The lowest BCUT2D eigenvalue weighted by atomic mass is 10.1. The highest BCUT2D eigenvalue weighted by Crippen LogP contribution is 2.18. The van der Waals surface area contributed by atoms with Crippen molar-refractivity contribution in [2.45, 2.75) is 37.0 Å². The summed E-state index contributed by atoms with van der Waals surface area (Å²) in [4.78, 5) is 49.0. The van der Waals surface area contributed by atoms with Crippen LogP contribution in [0.3, 0.4) is 0 Å². The molecule has 26 heavy (non-hydrogen) atoms. The molecule has 148 valence electrons. The van der Waals surface area contributed by atoms with E-state index in [4.69, 9.17) is 10.8 Å². The number of nitrogens with one attached hydrogen (secondary N) is 2. The van der Waals surface area contributed by atoms with E-state index in [0.29, 0.717) is 19.4 Å². The number of hydrogen-bond acceptors (Lipinski definition) is 8. The Morgan fingerprint density at radius 3 is 2.31 bits per heavy atom. The molecule has 0 aromatic carbocycles. The van der Waals surface area contributed by atoms with E-state index in [2.05, 4.69) is 35.9 Å². The third kappa shape index (κ3) is 5.76. The molecule has 4 atom stereocenters. The molecule has 0 aliphatic carbocycles. The van der Waals surface area contributed by atoms with E-state index in [0.717, 1.165) is 0 Å². The maximum Gasteiger partial charge on any atom is 0.327 e. The molecule has 0 unspecified atom stereocenters. The van der Waals surface area contributed by atoms with Gasteiger partial charge in [0.1, 0.15) is 18.1 Å². The summed E-state index contributed by atoms with van der Waals surface area (Å²) in [6.07, 6.45) is 0.991. The van der Waals surface area contributed by atoms with Crippen LogP contribution in [0.15, 0.2) is 0 Å². The number of thiol groups is 2. The van der Waals surface area contributed by atoms with Gasteiger partial charge in [-0.3, -0.25) is 14.4 Å². The highest BCUT2D eigenvalue weighted by atomic mass is 32.1. The van der Waals surface area contributed by atoms with Crippen LogP contribution in [0.25, 0.3) is 0 Å². The highest BCUT2D eigenvalue weighted by Gasteiger charge is 2.37. The first-order chi connectivity index (χ1) is 12.3. The van der Waals surface area contributed by atoms with Crippen LogP contribution < -0.4 is 16.4 Å². The number of carboxylic acid groups (broad SMARTS) is 1. The predicted octanol–water partition coefficient (Wildman–Crippen LogP) is -2.79. The maximum atomic E-state index is 12.4. The Balaban J connectivity index is 2.74. The van der Waals surface area contributed by atoms with Crippen molar-refractivity contribution in [1.82, 2.24) is 15.5 Å². The normalized spacial score (nSPS) is 20.2. The average molecular weight is 409 g/mol. The smallest absolute Gasteiger partial charge is 0.327 e. The molecule has 1 aliphatic rings. The molecular formula is C14H24N4O6S2. The van der Waals surface area contributed by atoms with Crippen molar-refractivity contribution in [3.8, 4) is 0 Å². The van der Waals surface area contributed by atoms with Gasteiger partial charge < -0.3 is 31.5 Å². The van der Waals surface area contributed by atoms with Gasteiger partial charge in [-0.05, 0) is 12.8 Å². The topological polar surface area (TPSA) is 162 Å². The largest absolute Gasteiger partial charge is 0.480 e. The molecule has 0 bridgehead atoms. The summed E-state index contributed by atoms with van der Waals surface area (Å²) in [5.74, 6) is -3.20. The fraction of sp³-hybridized carbons (Fsp3) is 0.714. The van der Waals surface area contributed by atoms with Gasteiger partial charge in [-0.1, -0.05) is 0 Å². The molecular weight excluding hydrogens is 384 g/mol. The minimum absolute atomic E-state index is 0.131. The van der Waals surface area contributed by atoms with Crippen molar-refractivity contribution in [2.75, 3.05) is 24.7 Å². The van der Waals surface area contributed by atoms with Gasteiger partial charge in [0.25, 0.3) is 0 Å². The van der Waals surface area contributed by atoms with Crippen molar-refractivity contribution < 1.29 is 29.4 Å². The number of hydrogen-bond donors (Lipinski definition) is 7. The lowest BCUT2D eigenvalue weighted by Gasteiger charge is -2.27. The van der Waals surface area contributed by atoms with Crippen LogP contribution >= 0.6 is 25.3 Å². The predicted molar refractivity (Wildman–Crippen MR) is 99.0 cm³/mol. The van der Waals surface area contributed by atoms with Crippen LogP contribution in [0.1, 0.15) is 12.8 Å². The summed E-state index contributed by atoms with van der Waals surface area (Å²) in [6, 6.07) is -4.25. The monoisotopic (exact) mass is 408 g/mol. The molecule has 0 spiro atoms. The van der Waals surface area contributed by atoms with E-state index in [1.54, 1.807) is 0 Å². The Labute approximate surface area is 161 Å². The van der Waals surface area contributed by atoms with E-state index in [1.165, 1.54) is 4.90 Å². The Kier molecular flexibility index (Phi) is 9.19. The van der Waals surface area contributed by atoms with Gasteiger partial charge in [-0.25, -0.2) is 4.79 Å².